The number of anilines is 1. The van der Waals surface area contributed by atoms with Gasteiger partial charge >= 0.3 is 6.09 Å². The Balaban J connectivity index is 1.58. The Labute approximate surface area is 147 Å². The summed E-state index contributed by atoms with van der Waals surface area (Å²) in [6.07, 6.45) is 5.76. The van der Waals surface area contributed by atoms with Gasteiger partial charge in [0.05, 0.1) is 6.61 Å². The van der Waals surface area contributed by atoms with Crippen molar-refractivity contribution >= 4 is 17.9 Å². The number of amides is 2. The van der Waals surface area contributed by atoms with Crippen LogP contribution in [0.5, 0.6) is 0 Å². The largest absolute Gasteiger partial charge is 0.450 e. The third-order valence-electron chi connectivity index (χ3n) is 4.65. The lowest BCUT2D eigenvalue weighted by Gasteiger charge is -2.34. The van der Waals surface area contributed by atoms with Crippen LogP contribution in [-0.4, -0.2) is 65.7 Å². The molecule has 0 aromatic carbocycles. The second kappa shape index (κ2) is 8.13. The van der Waals surface area contributed by atoms with E-state index >= 15 is 0 Å². The van der Waals surface area contributed by atoms with Gasteiger partial charge in [0.2, 0.25) is 5.95 Å². The van der Waals surface area contributed by atoms with E-state index in [1.165, 1.54) is 12.8 Å². The standard InChI is InChI=1S/C17H25N5O3/c1-2-25-17(24)22-11-9-21(10-12-22)16-18-8-7-14(20-16)15(23)19-13-5-3-4-6-13/h7-8,13H,2-6,9-12H2,1H3,(H,19,23). The number of nitrogens with zero attached hydrogens (tertiary/aromatic N) is 4. The van der Waals surface area contributed by atoms with Crippen molar-refractivity contribution in [2.75, 3.05) is 37.7 Å². The first-order valence-corrected chi connectivity index (χ1v) is 8.98. The van der Waals surface area contributed by atoms with Crippen molar-refractivity contribution in [3.63, 3.8) is 0 Å². The predicted octanol–water partition coefficient (Wildman–Crippen LogP) is 1.43. The number of carbonyl (C=O) groups is 2. The molecule has 1 aliphatic carbocycles. The number of hydrogen-bond acceptors (Lipinski definition) is 6. The van der Waals surface area contributed by atoms with Crippen LogP contribution in [0.2, 0.25) is 0 Å². The molecule has 0 radical (unpaired) electrons. The molecule has 3 rings (SSSR count). The molecule has 25 heavy (non-hydrogen) atoms. The SMILES string of the molecule is CCOC(=O)N1CCN(c2nccc(C(=O)NC3CCCC3)n2)CC1. The lowest BCUT2D eigenvalue weighted by molar-refractivity contribution is 0.0932. The molecule has 0 bridgehead atoms. The summed E-state index contributed by atoms with van der Waals surface area (Å²) in [4.78, 5) is 36.5. The summed E-state index contributed by atoms with van der Waals surface area (Å²) in [5, 5.41) is 3.04. The number of nitrogens with one attached hydrogen (secondary N) is 1. The molecule has 1 aliphatic heterocycles. The van der Waals surface area contributed by atoms with Gasteiger partial charge in [-0.2, -0.15) is 0 Å². The normalized spacial score (nSPS) is 18.3. The molecule has 8 nitrogen and oxygen atoms in total. The van der Waals surface area contributed by atoms with E-state index < -0.39 is 0 Å². The van der Waals surface area contributed by atoms with E-state index in [4.69, 9.17) is 4.74 Å². The Bertz CT molecular complexity index is 610. The van der Waals surface area contributed by atoms with Gasteiger partial charge in [0.25, 0.3) is 5.91 Å². The van der Waals surface area contributed by atoms with E-state index in [0.717, 1.165) is 12.8 Å². The minimum Gasteiger partial charge on any atom is -0.450 e. The van der Waals surface area contributed by atoms with E-state index in [2.05, 4.69) is 15.3 Å². The van der Waals surface area contributed by atoms with Crippen LogP contribution in [0.4, 0.5) is 10.7 Å². The summed E-state index contributed by atoms with van der Waals surface area (Å²) in [7, 11) is 0. The van der Waals surface area contributed by atoms with Gasteiger partial charge in [0, 0.05) is 38.4 Å². The van der Waals surface area contributed by atoms with Gasteiger partial charge in [0.1, 0.15) is 5.69 Å². The molecule has 0 atom stereocenters. The van der Waals surface area contributed by atoms with Crippen LogP contribution in [-0.2, 0) is 4.74 Å². The van der Waals surface area contributed by atoms with Gasteiger partial charge in [-0.3, -0.25) is 4.79 Å². The first kappa shape index (κ1) is 17.4. The van der Waals surface area contributed by atoms with E-state index in [9.17, 15) is 9.59 Å². The van der Waals surface area contributed by atoms with Crippen LogP contribution in [0, 0.1) is 0 Å². The molecular weight excluding hydrogens is 322 g/mol. The van der Waals surface area contributed by atoms with E-state index in [1.807, 2.05) is 4.90 Å². The quantitative estimate of drug-likeness (QED) is 0.886. The molecule has 136 valence electrons. The molecule has 0 spiro atoms. The van der Waals surface area contributed by atoms with E-state index in [1.54, 1.807) is 24.1 Å². The van der Waals surface area contributed by atoms with Crippen molar-refractivity contribution in [2.45, 2.75) is 38.6 Å². The maximum absolute atomic E-state index is 12.4. The van der Waals surface area contributed by atoms with Crippen molar-refractivity contribution in [1.82, 2.24) is 20.2 Å². The Kier molecular flexibility index (Phi) is 5.67. The summed E-state index contributed by atoms with van der Waals surface area (Å²) >= 11 is 0. The monoisotopic (exact) mass is 347 g/mol. The molecule has 2 amide bonds. The molecule has 1 aromatic heterocycles. The minimum atomic E-state index is -0.284. The number of aromatic nitrogens is 2. The van der Waals surface area contributed by atoms with E-state index in [-0.39, 0.29) is 18.0 Å². The molecule has 2 heterocycles. The highest BCUT2D eigenvalue weighted by Gasteiger charge is 2.24. The van der Waals surface area contributed by atoms with Gasteiger partial charge in [-0.15, -0.1) is 0 Å². The van der Waals surface area contributed by atoms with Crippen LogP contribution in [0.1, 0.15) is 43.1 Å². The van der Waals surface area contributed by atoms with Crippen LogP contribution >= 0.6 is 0 Å². The van der Waals surface area contributed by atoms with Gasteiger partial charge in [-0.25, -0.2) is 14.8 Å². The molecule has 2 aliphatic rings. The summed E-state index contributed by atoms with van der Waals surface area (Å²) < 4.78 is 5.02. The predicted molar refractivity (Wildman–Crippen MR) is 92.6 cm³/mol. The average Bonchev–Trinajstić information content (AvgIpc) is 3.15. The Hall–Kier alpha value is -2.38. The Morgan fingerprint density at radius 2 is 1.96 bits per heavy atom. The molecule has 1 N–H and O–H groups in total. The van der Waals surface area contributed by atoms with Gasteiger partial charge in [-0.05, 0) is 25.8 Å². The minimum absolute atomic E-state index is 0.138. The zero-order chi connectivity index (χ0) is 17.6. The second-order valence-corrected chi connectivity index (χ2v) is 6.37. The topological polar surface area (TPSA) is 87.7 Å². The van der Waals surface area contributed by atoms with E-state index in [0.29, 0.717) is 44.4 Å². The molecule has 1 saturated carbocycles. The highest BCUT2D eigenvalue weighted by atomic mass is 16.6. The molecule has 2 fully saturated rings. The molecule has 0 unspecified atom stereocenters. The smallest absolute Gasteiger partial charge is 0.409 e. The third kappa shape index (κ3) is 4.37. The highest BCUT2D eigenvalue weighted by molar-refractivity contribution is 5.92. The van der Waals surface area contributed by atoms with Crippen LogP contribution in [0.15, 0.2) is 12.3 Å². The first-order valence-electron chi connectivity index (χ1n) is 8.98. The lowest BCUT2D eigenvalue weighted by Crippen LogP contribution is -2.49. The van der Waals surface area contributed by atoms with Gasteiger partial charge in [0.15, 0.2) is 0 Å². The van der Waals surface area contributed by atoms with Crippen LogP contribution < -0.4 is 10.2 Å². The van der Waals surface area contributed by atoms with Crippen molar-refractivity contribution in [1.29, 1.82) is 0 Å². The lowest BCUT2D eigenvalue weighted by atomic mass is 10.2. The zero-order valence-electron chi connectivity index (χ0n) is 14.6. The summed E-state index contributed by atoms with van der Waals surface area (Å²) in [5.74, 6) is 0.392. The number of ether oxygens (including phenoxy) is 1. The summed E-state index contributed by atoms with van der Waals surface area (Å²) in [5.41, 5.74) is 0.393. The summed E-state index contributed by atoms with van der Waals surface area (Å²) in [6, 6.07) is 1.90. The second-order valence-electron chi connectivity index (χ2n) is 6.37. The van der Waals surface area contributed by atoms with Crippen molar-refractivity contribution < 1.29 is 14.3 Å². The van der Waals surface area contributed by atoms with Crippen LogP contribution in [0.3, 0.4) is 0 Å². The Morgan fingerprint density at radius 3 is 2.64 bits per heavy atom. The average molecular weight is 347 g/mol. The maximum Gasteiger partial charge on any atom is 0.409 e. The molecular formula is C17H25N5O3. The molecule has 8 heteroatoms. The number of piperazine rings is 1. The summed E-state index contributed by atoms with van der Waals surface area (Å²) in [6.45, 7) is 4.52. The van der Waals surface area contributed by atoms with Gasteiger partial charge < -0.3 is 19.9 Å². The fourth-order valence-electron chi connectivity index (χ4n) is 3.26. The van der Waals surface area contributed by atoms with Gasteiger partial charge in [-0.1, -0.05) is 12.8 Å². The number of carbonyl (C=O) groups excluding carboxylic acids is 2. The molecule has 1 aromatic rings. The third-order valence-corrected chi connectivity index (χ3v) is 4.65. The molecule has 1 saturated heterocycles. The highest BCUT2D eigenvalue weighted by Crippen LogP contribution is 2.18. The fourth-order valence-corrected chi connectivity index (χ4v) is 3.26. The fraction of sp³-hybridized carbons (Fsp3) is 0.647. The first-order chi connectivity index (χ1) is 12.2. The number of hydrogen-bond donors (Lipinski definition) is 1. The number of rotatable bonds is 4. The Morgan fingerprint density at radius 1 is 1.24 bits per heavy atom. The maximum atomic E-state index is 12.4. The van der Waals surface area contributed by atoms with Crippen LogP contribution in [0.25, 0.3) is 0 Å². The van der Waals surface area contributed by atoms with Crippen molar-refractivity contribution in [3.8, 4) is 0 Å². The van der Waals surface area contributed by atoms with Crippen molar-refractivity contribution in [3.05, 3.63) is 18.0 Å². The van der Waals surface area contributed by atoms with Crippen molar-refractivity contribution in [2.24, 2.45) is 0 Å². The zero-order valence-corrected chi connectivity index (χ0v) is 14.6.